The third-order valence-corrected chi connectivity index (χ3v) is 4.88. The maximum Gasteiger partial charge on any atom is 0.416 e. The van der Waals surface area contributed by atoms with Crippen molar-refractivity contribution in [3.05, 3.63) is 88.3 Å². The molecular formula is C21H14F3N7O2. The van der Waals surface area contributed by atoms with Crippen molar-refractivity contribution >= 4 is 11.2 Å². The van der Waals surface area contributed by atoms with Crippen molar-refractivity contribution in [2.75, 3.05) is 0 Å². The molecule has 5 aromatic rings. The first-order valence-corrected chi connectivity index (χ1v) is 9.71. The van der Waals surface area contributed by atoms with Crippen LogP contribution in [0.4, 0.5) is 13.2 Å². The van der Waals surface area contributed by atoms with Crippen LogP contribution < -0.4 is 5.56 Å². The van der Waals surface area contributed by atoms with Gasteiger partial charge in [-0.05, 0) is 17.7 Å². The smallest absolute Gasteiger partial charge is 0.337 e. The number of nitrogens with zero attached hydrogens (tertiary/aromatic N) is 7. The monoisotopic (exact) mass is 453 g/mol. The van der Waals surface area contributed by atoms with Crippen molar-refractivity contribution in [2.45, 2.75) is 19.3 Å². The van der Waals surface area contributed by atoms with Crippen LogP contribution in [0, 0.1) is 0 Å². The summed E-state index contributed by atoms with van der Waals surface area (Å²) in [5, 5.41) is 11.7. The van der Waals surface area contributed by atoms with Gasteiger partial charge in [-0.1, -0.05) is 52.8 Å². The molecule has 0 bridgehead atoms. The van der Waals surface area contributed by atoms with E-state index < -0.39 is 17.3 Å². The number of aromatic nitrogens is 7. The fourth-order valence-electron chi connectivity index (χ4n) is 3.29. The quantitative estimate of drug-likeness (QED) is 0.403. The van der Waals surface area contributed by atoms with Gasteiger partial charge in [0.15, 0.2) is 11.2 Å². The summed E-state index contributed by atoms with van der Waals surface area (Å²) in [7, 11) is 0. The summed E-state index contributed by atoms with van der Waals surface area (Å²) in [4.78, 5) is 21.3. The molecule has 0 saturated carbocycles. The van der Waals surface area contributed by atoms with Gasteiger partial charge in [0.05, 0.1) is 12.1 Å². The lowest BCUT2D eigenvalue weighted by atomic mass is 10.1. The molecule has 12 heteroatoms. The lowest BCUT2D eigenvalue weighted by Gasteiger charge is -2.08. The molecule has 0 N–H and O–H groups in total. The Balaban J connectivity index is 1.40. The molecule has 0 fully saturated rings. The molecule has 0 spiro atoms. The Bertz CT molecular complexity index is 1490. The largest absolute Gasteiger partial charge is 0.416 e. The number of benzene rings is 2. The SMILES string of the molecule is O=c1c2nnn(Cc3cccc(C(F)(F)F)c3)c2ncn1Cc1nc(-c2ccccc2)no1. The van der Waals surface area contributed by atoms with Crippen LogP contribution in [0.1, 0.15) is 17.0 Å². The fourth-order valence-corrected chi connectivity index (χ4v) is 3.29. The van der Waals surface area contributed by atoms with Gasteiger partial charge < -0.3 is 4.52 Å². The number of rotatable bonds is 5. The van der Waals surface area contributed by atoms with Crippen LogP contribution in [-0.2, 0) is 19.3 Å². The van der Waals surface area contributed by atoms with Gasteiger partial charge in [0, 0.05) is 5.56 Å². The Labute approximate surface area is 183 Å². The second-order valence-electron chi connectivity index (χ2n) is 7.17. The molecule has 0 radical (unpaired) electrons. The highest BCUT2D eigenvalue weighted by molar-refractivity contribution is 5.67. The number of alkyl halides is 3. The Morgan fingerprint density at radius 3 is 2.61 bits per heavy atom. The van der Waals surface area contributed by atoms with Gasteiger partial charge >= 0.3 is 6.18 Å². The molecule has 5 rings (SSSR count). The van der Waals surface area contributed by atoms with Crippen LogP contribution in [0.2, 0.25) is 0 Å². The van der Waals surface area contributed by atoms with E-state index in [0.717, 1.165) is 17.7 Å². The molecule has 0 aliphatic heterocycles. The van der Waals surface area contributed by atoms with E-state index in [1.165, 1.54) is 27.7 Å². The summed E-state index contributed by atoms with van der Waals surface area (Å²) < 4.78 is 46.6. The van der Waals surface area contributed by atoms with E-state index in [9.17, 15) is 18.0 Å². The van der Waals surface area contributed by atoms with E-state index in [2.05, 4.69) is 25.4 Å². The molecule has 0 unspecified atom stereocenters. The summed E-state index contributed by atoms with van der Waals surface area (Å²) >= 11 is 0. The van der Waals surface area contributed by atoms with E-state index in [1.807, 2.05) is 30.3 Å². The molecule has 3 heterocycles. The predicted octanol–water partition coefficient (Wildman–Crippen LogP) is 3.15. The van der Waals surface area contributed by atoms with Gasteiger partial charge in [-0.3, -0.25) is 9.36 Å². The average molecular weight is 453 g/mol. The number of fused-ring (bicyclic) bond motifs is 1. The van der Waals surface area contributed by atoms with Crippen LogP contribution in [-0.4, -0.2) is 34.7 Å². The minimum atomic E-state index is -4.46. The first-order valence-electron chi connectivity index (χ1n) is 9.71. The molecule has 9 nitrogen and oxygen atoms in total. The van der Waals surface area contributed by atoms with Crippen LogP contribution >= 0.6 is 0 Å². The van der Waals surface area contributed by atoms with Gasteiger partial charge in [-0.25, -0.2) is 9.67 Å². The van der Waals surface area contributed by atoms with Crippen LogP contribution in [0.5, 0.6) is 0 Å². The third kappa shape index (κ3) is 4.10. The summed E-state index contributed by atoms with van der Waals surface area (Å²) in [6.07, 6.45) is -3.18. The minimum Gasteiger partial charge on any atom is -0.337 e. The molecule has 3 aromatic heterocycles. The summed E-state index contributed by atoms with van der Waals surface area (Å²) in [5.74, 6) is 0.591. The molecule has 166 valence electrons. The molecule has 0 saturated heterocycles. The first kappa shape index (κ1) is 20.5. The zero-order chi connectivity index (χ0) is 23.0. The maximum absolute atomic E-state index is 13.0. The van der Waals surface area contributed by atoms with Gasteiger partial charge in [0.1, 0.15) is 12.9 Å². The minimum absolute atomic E-state index is 0.0210. The van der Waals surface area contributed by atoms with Crippen molar-refractivity contribution in [3.8, 4) is 11.4 Å². The zero-order valence-corrected chi connectivity index (χ0v) is 16.8. The molecule has 0 aliphatic rings. The van der Waals surface area contributed by atoms with E-state index in [0.29, 0.717) is 11.4 Å². The van der Waals surface area contributed by atoms with Gasteiger partial charge in [-0.2, -0.15) is 18.2 Å². The second kappa shape index (κ2) is 7.97. The Hall–Kier alpha value is -4.35. The van der Waals surface area contributed by atoms with Crippen LogP contribution in [0.15, 0.2) is 70.2 Å². The normalized spacial score (nSPS) is 11.8. The number of hydrogen-bond donors (Lipinski definition) is 0. The average Bonchev–Trinajstić information content (AvgIpc) is 3.44. The maximum atomic E-state index is 13.0. The highest BCUT2D eigenvalue weighted by Gasteiger charge is 2.30. The number of hydrogen-bond acceptors (Lipinski definition) is 7. The van der Waals surface area contributed by atoms with E-state index >= 15 is 0 Å². The molecule has 0 aliphatic carbocycles. The molecule has 0 atom stereocenters. The van der Waals surface area contributed by atoms with E-state index in [1.54, 1.807) is 0 Å². The third-order valence-electron chi connectivity index (χ3n) is 4.88. The van der Waals surface area contributed by atoms with Crippen molar-refractivity contribution in [3.63, 3.8) is 0 Å². The van der Waals surface area contributed by atoms with Crippen molar-refractivity contribution in [2.24, 2.45) is 0 Å². The van der Waals surface area contributed by atoms with Crippen molar-refractivity contribution < 1.29 is 17.7 Å². The van der Waals surface area contributed by atoms with E-state index in [4.69, 9.17) is 4.52 Å². The van der Waals surface area contributed by atoms with Gasteiger partial charge in [0.25, 0.3) is 5.56 Å². The van der Waals surface area contributed by atoms with E-state index in [-0.39, 0.29) is 30.1 Å². The first-order chi connectivity index (χ1) is 15.9. The van der Waals surface area contributed by atoms with Crippen molar-refractivity contribution in [1.82, 2.24) is 34.7 Å². The highest BCUT2D eigenvalue weighted by atomic mass is 19.4. The Morgan fingerprint density at radius 2 is 1.82 bits per heavy atom. The predicted molar refractivity (Wildman–Crippen MR) is 109 cm³/mol. The Kier molecular flexibility index (Phi) is 4.96. The summed E-state index contributed by atoms with van der Waals surface area (Å²) in [5.41, 5.74) is -0.00628. The van der Waals surface area contributed by atoms with Crippen LogP contribution in [0.25, 0.3) is 22.6 Å². The van der Waals surface area contributed by atoms with Gasteiger partial charge in [0.2, 0.25) is 11.7 Å². The topological polar surface area (TPSA) is 105 Å². The lowest BCUT2D eigenvalue weighted by molar-refractivity contribution is -0.137. The lowest BCUT2D eigenvalue weighted by Crippen LogP contribution is -2.21. The summed E-state index contributed by atoms with van der Waals surface area (Å²) in [6, 6.07) is 14.1. The molecule has 33 heavy (non-hydrogen) atoms. The molecular weight excluding hydrogens is 439 g/mol. The Morgan fingerprint density at radius 1 is 1.00 bits per heavy atom. The fraction of sp³-hybridized carbons (Fsp3) is 0.143. The molecule has 0 amide bonds. The highest BCUT2D eigenvalue weighted by Crippen LogP contribution is 2.29. The molecule has 2 aromatic carbocycles. The summed E-state index contributed by atoms with van der Waals surface area (Å²) in [6.45, 7) is -0.0525. The van der Waals surface area contributed by atoms with Crippen molar-refractivity contribution in [1.29, 1.82) is 0 Å². The van der Waals surface area contributed by atoms with Gasteiger partial charge in [-0.15, -0.1) is 5.10 Å². The van der Waals surface area contributed by atoms with Crippen LogP contribution in [0.3, 0.4) is 0 Å². The zero-order valence-electron chi connectivity index (χ0n) is 16.8. The number of halogens is 3. The standard InChI is InChI=1S/C21H14F3N7O2/c22-21(23,24)15-8-4-5-13(9-15)10-31-19-17(27-29-31)20(32)30(12-25-19)11-16-26-18(28-33-16)14-6-2-1-3-7-14/h1-9,12H,10-11H2. The second-order valence-corrected chi connectivity index (χ2v) is 7.17.